The Morgan fingerprint density at radius 1 is 1.71 bits per heavy atom. The first kappa shape index (κ1) is 14.1. The third-order valence-corrected chi connectivity index (χ3v) is 3.63. The lowest BCUT2D eigenvalue weighted by Crippen LogP contribution is -2.23. The molecule has 1 heterocycles. The maximum atomic E-state index is 11.6. The van der Waals surface area contributed by atoms with Gasteiger partial charge in [-0.1, -0.05) is 0 Å². The van der Waals surface area contributed by atoms with Gasteiger partial charge in [0, 0.05) is 28.9 Å². The number of carbonyl (C=O) groups excluding carboxylic acids is 1. The van der Waals surface area contributed by atoms with Gasteiger partial charge in [0.2, 0.25) is 0 Å². The third kappa shape index (κ3) is 4.43. The molecule has 0 fully saturated rings. The first-order valence-electron chi connectivity index (χ1n) is 5.21. The highest BCUT2D eigenvalue weighted by Crippen LogP contribution is 2.21. The molecule has 1 N–H and O–H groups in total. The van der Waals surface area contributed by atoms with Crippen LogP contribution in [0.1, 0.15) is 24.3 Å². The van der Waals surface area contributed by atoms with Gasteiger partial charge in [-0.15, -0.1) is 11.3 Å². The maximum Gasteiger partial charge on any atom is 0.360 e. The predicted octanol–water partition coefficient (Wildman–Crippen LogP) is 1.50. The predicted molar refractivity (Wildman–Crippen MR) is 70.1 cm³/mol. The number of nitrogens with one attached hydrogen (secondary N) is 1. The molecule has 0 aliphatic heterocycles. The van der Waals surface area contributed by atoms with Crippen LogP contribution in [-0.4, -0.2) is 39.8 Å². The van der Waals surface area contributed by atoms with Gasteiger partial charge in [-0.25, -0.2) is 9.78 Å². The monoisotopic (exact) mass is 276 g/mol. The van der Waals surface area contributed by atoms with Crippen LogP contribution in [0.2, 0.25) is 0 Å². The molecule has 0 saturated carbocycles. The molecule has 0 saturated heterocycles. The van der Waals surface area contributed by atoms with E-state index in [9.17, 15) is 9.00 Å². The van der Waals surface area contributed by atoms with Crippen molar-refractivity contribution in [1.29, 1.82) is 0 Å². The van der Waals surface area contributed by atoms with Crippen molar-refractivity contribution < 1.29 is 13.7 Å². The number of rotatable bonds is 6. The fourth-order valence-corrected chi connectivity index (χ4v) is 2.88. The summed E-state index contributed by atoms with van der Waals surface area (Å²) in [6.45, 7) is 3.99. The van der Waals surface area contributed by atoms with E-state index in [2.05, 4.69) is 10.3 Å². The minimum absolute atomic E-state index is 0.0226. The van der Waals surface area contributed by atoms with E-state index in [4.69, 9.17) is 4.74 Å². The van der Waals surface area contributed by atoms with E-state index in [1.807, 2.05) is 6.92 Å². The molecule has 7 heteroatoms. The van der Waals surface area contributed by atoms with Gasteiger partial charge in [0.15, 0.2) is 5.69 Å². The highest BCUT2D eigenvalue weighted by Gasteiger charge is 2.17. The summed E-state index contributed by atoms with van der Waals surface area (Å²) in [5.41, 5.74) is 1.88. The van der Waals surface area contributed by atoms with Gasteiger partial charge in [0.25, 0.3) is 0 Å². The zero-order chi connectivity index (χ0) is 12.8. The molecule has 1 aromatic heterocycles. The van der Waals surface area contributed by atoms with Crippen LogP contribution in [0, 0.1) is 0 Å². The van der Waals surface area contributed by atoms with E-state index in [1.165, 1.54) is 11.3 Å². The normalized spacial score (nSPS) is 14.1. The summed E-state index contributed by atoms with van der Waals surface area (Å²) in [5, 5.41) is 3.79. The van der Waals surface area contributed by atoms with Gasteiger partial charge in [-0.05, 0) is 13.8 Å². The molecule has 0 spiro atoms. The van der Waals surface area contributed by atoms with Crippen molar-refractivity contribution in [2.75, 3.05) is 23.9 Å². The number of esters is 1. The molecule has 0 aliphatic rings. The van der Waals surface area contributed by atoms with E-state index in [0.29, 0.717) is 23.1 Å². The molecule has 5 nitrogen and oxygen atoms in total. The summed E-state index contributed by atoms with van der Waals surface area (Å²) in [5.74, 6) is 0.0984. The van der Waals surface area contributed by atoms with Crippen molar-refractivity contribution in [1.82, 2.24) is 4.98 Å². The van der Waals surface area contributed by atoms with Crippen molar-refractivity contribution in [2.24, 2.45) is 0 Å². The molecule has 0 aromatic carbocycles. The Morgan fingerprint density at radius 3 is 3.00 bits per heavy atom. The molecule has 0 aliphatic carbocycles. The Balaban J connectivity index is 2.68. The average molecular weight is 276 g/mol. The van der Waals surface area contributed by atoms with Crippen molar-refractivity contribution in [3.8, 4) is 0 Å². The topological polar surface area (TPSA) is 68.3 Å². The highest BCUT2D eigenvalue weighted by molar-refractivity contribution is 7.84. The number of hydrogen-bond donors (Lipinski definition) is 1. The molecule has 1 aromatic rings. The molecule has 0 bridgehead atoms. The van der Waals surface area contributed by atoms with Crippen LogP contribution in [0.15, 0.2) is 5.51 Å². The van der Waals surface area contributed by atoms with Crippen molar-refractivity contribution in [3.05, 3.63) is 11.2 Å². The largest absolute Gasteiger partial charge is 0.461 e. The van der Waals surface area contributed by atoms with Crippen molar-refractivity contribution in [2.45, 2.75) is 19.9 Å². The SMILES string of the molecule is CCOC(=O)c1ncsc1NC(C)CS(C)=O. The maximum absolute atomic E-state index is 11.6. The number of nitrogens with zero attached hydrogens (tertiary/aromatic N) is 1. The molecule has 2 unspecified atom stereocenters. The Kier molecular flexibility index (Phi) is 5.57. The van der Waals surface area contributed by atoms with Gasteiger partial charge < -0.3 is 10.1 Å². The second-order valence-electron chi connectivity index (χ2n) is 3.54. The number of anilines is 1. The van der Waals surface area contributed by atoms with Crippen LogP contribution in [0.4, 0.5) is 5.00 Å². The number of carbonyl (C=O) groups is 1. The van der Waals surface area contributed by atoms with E-state index in [0.717, 1.165) is 0 Å². The zero-order valence-corrected chi connectivity index (χ0v) is 11.7. The van der Waals surface area contributed by atoms with Crippen molar-refractivity contribution in [3.63, 3.8) is 0 Å². The Bertz CT molecular complexity index is 406. The number of hydrogen-bond acceptors (Lipinski definition) is 6. The lowest BCUT2D eigenvalue weighted by atomic mass is 10.3. The Morgan fingerprint density at radius 2 is 2.41 bits per heavy atom. The number of thiazole rings is 1. The molecule has 0 amide bonds. The standard InChI is InChI=1S/C10H16N2O3S2/c1-4-15-10(13)8-9(16-6-11-8)12-7(2)5-17(3)14/h6-7,12H,4-5H2,1-3H3. The summed E-state index contributed by atoms with van der Waals surface area (Å²) >= 11 is 1.34. The van der Waals surface area contributed by atoms with E-state index < -0.39 is 16.8 Å². The van der Waals surface area contributed by atoms with Crippen LogP contribution in [0.3, 0.4) is 0 Å². The second kappa shape index (κ2) is 6.70. The van der Waals surface area contributed by atoms with Crippen LogP contribution in [0.5, 0.6) is 0 Å². The minimum atomic E-state index is -0.872. The quantitative estimate of drug-likeness (QED) is 0.797. The van der Waals surface area contributed by atoms with E-state index in [1.54, 1.807) is 18.7 Å². The first-order valence-corrected chi connectivity index (χ1v) is 7.82. The number of ether oxygens (including phenoxy) is 1. The van der Waals surface area contributed by atoms with Gasteiger partial charge in [-0.3, -0.25) is 4.21 Å². The minimum Gasteiger partial charge on any atom is -0.461 e. The molecule has 0 radical (unpaired) electrons. The lowest BCUT2D eigenvalue weighted by Gasteiger charge is -2.12. The molecular formula is C10H16N2O3S2. The molecule has 2 atom stereocenters. The third-order valence-electron chi connectivity index (χ3n) is 1.90. The average Bonchev–Trinajstić information content (AvgIpc) is 2.64. The van der Waals surface area contributed by atoms with Crippen LogP contribution in [-0.2, 0) is 15.5 Å². The Labute approximate surface area is 107 Å². The smallest absolute Gasteiger partial charge is 0.360 e. The highest BCUT2D eigenvalue weighted by atomic mass is 32.2. The summed E-state index contributed by atoms with van der Waals surface area (Å²) in [7, 11) is -0.872. The molecule has 17 heavy (non-hydrogen) atoms. The lowest BCUT2D eigenvalue weighted by molar-refractivity contribution is 0.0521. The summed E-state index contributed by atoms with van der Waals surface area (Å²) in [6, 6.07) is 0.0226. The molecule has 1 rings (SSSR count). The van der Waals surface area contributed by atoms with Crippen molar-refractivity contribution >= 4 is 33.1 Å². The summed E-state index contributed by atoms with van der Waals surface area (Å²) in [4.78, 5) is 15.5. The van der Waals surface area contributed by atoms with Gasteiger partial charge in [0.1, 0.15) is 5.00 Å². The van der Waals surface area contributed by atoms with Crippen LogP contribution in [0.25, 0.3) is 0 Å². The summed E-state index contributed by atoms with van der Waals surface area (Å²) < 4.78 is 16.0. The van der Waals surface area contributed by atoms with Crippen LogP contribution < -0.4 is 5.32 Å². The molecule has 96 valence electrons. The summed E-state index contributed by atoms with van der Waals surface area (Å²) in [6.07, 6.45) is 1.65. The van der Waals surface area contributed by atoms with Crippen LogP contribution >= 0.6 is 11.3 Å². The Hall–Kier alpha value is -0.950. The van der Waals surface area contributed by atoms with E-state index >= 15 is 0 Å². The molecular weight excluding hydrogens is 260 g/mol. The second-order valence-corrected chi connectivity index (χ2v) is 5.87. The van der Waals surface area contributed by atoms with Gasteiger partial charge in [0.05, 0.1) is 12.1 Å². The fourth-order valence-electron chi connectivity index (χ4n) is 1.31. The van der Waals surface area contributed by atoms with E-state index in [-0.39, 0.29) is 6.04 Å². The number of aromatic nitrogens is 1. The van der Waals surface area contributed by atoms with Gasteiger partial charge in [-0.2, -0.15) is 0 Å². The fraction of sp³-hybridized carbons (Fsp3) is 0.600. The first-order chi connectivity index (χ1) is 8.04. The zero-order valence-electron chi connectivity index (χ0n) is 10.1. The van der Waals surface area contributed by atoms with Gasteiger partial charge >= 0.3 is 5.97 Å².